The van der Waals surface area contributed by atoms with Gasteiger partial charge in [-0.3, -0.25) is 9.59 Å². The Morgan fingerprint density at radius 1 is 1.59 bits per heavy atom. The summed E-state index contributed by atoms with van der Waals surface area (Å²) in [4.78, 5) is 25.5. The first-order valence-corrected chi connectivity index (χ1v) is 6.53. The summed E-state index contributed by atoms with van der Waals surface area (Å²) in [5.41, 5.74) is 0.395. The zero-order chi connectivity index (χ0) is 12.8. The number of unbranched alkanes of at least 4 members (excludes halogenated alkanes) is 1. The topological polar surface area (TPSA) is 62.0 Å². The lowest BCUT2D eigenvalue weighted by atomic mass is 10.0. The maximum atomic E-state index is 11.8. The van der Waals surface area contributed by atoms with Crippen molar-refractivity contribution in [3.8, 4) is 0 Å². The monoisotopic (exact) mass is 300 g/mol. The Bertz CT molecular complexity index is 442. The maximum Gasteiger partial charge on any atom is 0.262 e. The molecule has 0 saturated carbocycles. The summed E-state index contributed by atoms with van der Waals surface area (Å²) in [5.74, 6) is -0.0296. The molecule has 1 atom stereocenters. The number of H-pyrrole nitrogens is 1. The Morgan fingerprint density at radius 2 is 2.29 bits per heavy atom. The molecular formula is C12H17BrN2O2. The normalized spacial score (nSPS) is 12.2. The van der Waals surface area contributed by atoms with E-state index in [1.807, 2.05) is 6.92 Å². The fourth-order valence-electron chi connectivity index (χ4n) is 1.44. The van der Waals surface area contributed by atoms with E-state index < -0.39 is 0 Å². The summed E-state index contributed by atoms with van der Waals surface area (Å²) < 4.78 is 0.413. The Balaban J connectivity index is 2.61. The SMILES string of the molecule is CCCCC(C)C(=O)Nc1c[nH]c(=O)c(Br)c1. The number of hydrogen-bond acceptors (Lipinski definition) is 2. The third-order valence-electron chi connectivity index (χ3n) is 2.56. The third-order valence-corrected chi connectivity index (χ3v) is 3.15. The van der Waals surface area contributed by atoms with Crippen LogP contribution in [-0.4, -0.2) is 10.9 Å². The predicted molar refractivity (Wildman–Crippen MR) is 72.1 cm³/mol. The van der Waals surface area contributed by atoms with E-state index in [0.717, 1.165) is 19.3 Å². The molecule has 0 fully saturated rings. The average Bonchev–Trinajstić information content (AvgIpc) is 2.30. The Labute approximate surface area is 109 Å². The number of anilines is 1. The molecule has 0 radical (unpaired) electrons. The van der Waals surface area contributed by atoms with E-state index in [1.54, 1.807) is 6.07 Å². The lowest BCUT2D eigenvalue weighted by molar-refractivity contribution is -0.119. The minimum absolute atomic E-state index is 0.0133. The van der Waals surface area contributed by atoms with Crippen LogP contribution >= 0.6 is 15.9 Å². The van der Waals surface area contributed by atoms with Crippen LogP contribution in [-0.2, 0) is 4.79 Å². The summed E-state index contributed by atoms with van der Waals surface area (Å²) in [6, 6.07) is 1.60. The maximum absolute atomic E-state index is 11.8. The number of halogens is 1. The van der Waals surface area contributed by atoms with Crippen molar-refractivity contribution < 1.29 is 4.79 Å². The van der Waals surface area contributed by atoms with Gasteiger partial charge in [0, 0.05) is 12.1 Å². The number of pyridine rings is 1. The lowest BCUT2D eigenvalue weighted by Gasteiger charge is -2.11. The van der Waals surface area contributed by atoms with Gasteiger partial charge in [0.05, 0.1) is 10.2 Å². The van der Waals surface area contributed by atoms with Crippen LogP contribution in [0.1, 0.15) is 33.1 Å². The second-order valence-corrected chi connectivity index (χ2v) is 4.95. The van der Waals surface area contributed by atoms with E-state index in [2.05, 4.69) is 33.2 Å². The molecule has 4 nitrogen and oxygen atoms in total. The van der Waals surface area contributed by atoms with E-state index in [9.17, 15) is 9.59 Å². The zero-order valence-electron chi connectivity index (χ0n) is 10.0. The van der Waals surface area contributed by atoms with E-state index in [0.29, 0.717) is 10.2 Å². The molecule has 0 bridgehead atoms. The van der Waals surface area contributed by atoms with Gasteiger partial charge >= 0.3 is 0 Å². The molecule has 0 saturated heterocycles. The molecule has 1 amide bonds. The fraction of sp³-hybridized carbons (Fsp3) is 0.500. The molecule has 1 rings (SSSR count). The van der Waals surface area contributed by atoms with Crippen molar-refractivity contribution in [2.45, 2.75) is 33.1 Å². The van der Waals surface area contributed by atoms with Crippen molar-refractivity contribution in [1.29, 1.82) is 0 Å². The second kappa shape index (κ2) is 6.59. The highest BCUT2D eigenvalue weighted by Crippen LogP contribution is 2.14. The van der Waals surface area contributed by atoms with Crippen LogP contribution in [0.3, 0.4) is 0 Å². The van der Waals surface area contributed by atoms with Crippen LogP contribution in [0.5, 0.6) is 0 Å². The summed E-state index contributed by atoms with van der Waals surface area (Å²) >= 11 is 3.12. The van der Waals surface area contributed by atoms with Gasteiger partial charge in [0.1, 0.15) is 0 Å². The van der Waals surface area contributed by atoms with Crippen molar-refractivity contribution >= 4 is 27.5 Å². The van der Waals surface area contributed by atoms with Crippen molar-refractivity contribution in [2.24, 2.45) is 5.92 Å². The second-order valence-electron chi connectivity index (χ2n) is 4.10. The van der Waals surface area contributed by atoms with Gasteiger partial charge in [0.25, 0.3) is 5.56 Å². The van der Waals surface area contributed by atoms with Crippen LogP contribution in [0.15, 0.2) is 21.5 Å². The number of carbonyl (C=O) groups is 1. The van der Waals surface area contributed by atoms with Gasteiger partial charge in [0.2, 0.25) is 5.91 Å². The van der Waals surface area contributed by atoms with Crippen LogP contribution in [0, 0.1) is 5.92 Å². The summed E-state index contributed by atoms with van der Waals surface area (Å²) in [6.07, 6.45) is 4.51. The van der Waals surface area contributed by atoms with E-state index in [1.165, 1.54) is 6.20 Å². The first kappa shape index (κ1) is 14.0. The molecule has 0 aromatic carbocycles. The Hall–Kier alpha value is -1.10. The summed E-state index contributed by atoms with van der Waals surface area (Å²) in [5, 5.41) is 2.78. The molecule has 0 spiro atoms. The molecule has 1 aromatic heterocycles. The van der Waals surface area contributed by atoms with Crippen LogP contribution in [0.4, 0.5) is 5.69 Å². The van der Waals surface area contributed by atoms with Gasteiger partial charge < -0.3 is 10.3 Å². The quantitative estimate of drug-likeness (QED) is 0.878. The number of carbonyl (C=O) groups excluding carboxylic acids is 1. The first-order valence-electron chi connectivity index (χ1n) is 5.73. The number of hydrogen-bond donors (Lipinski definition) is 2. The van der Waals surface area contributed by atoms with E-state index in [-0.39, 0.29) is 17.4 Å². The average molecular weight is 301 g/mol. The molecule has 5 heteroatoms. The fourth-order valence-corrected chi connectivity index (χ4v) is 1.80. The Kier molecular flexibility index (Phi) is 5.41. The number of nitrogens with one attached hydrogen (secondary N) is 2. The molecule has 0 aliphatic heterocycles. The van der Waals surface area contributed by atoms with Gasteiger partial charge in [-0.2, -0.15) is 0 Å². The van der Waals surface area contributed by atoms with Gasteiger partial charge in [-0.25, -0.2) is 0 Å². The van der Waals surface area contributed by atoms with Gasteiger partial charge in [-0.1, -0.05) is 26.7 Å². The number of aromatic amines is 1. The largest absolute Gasteiger partial charge is 0.326 e. The van der Waals surface area contributed by atoms with Gasteiger partial charge in [0.15, 0.2) is 0 Å². The molecule has 1 unspecified atom stereocenters. The Morgan fingerprint density at radius 3 is 2.88 bits per heavy atom. The van der Waals surface area contributed by atoms with Crippen molar-refractivity contribution in [3.63, 3.8) is 0 Å². The van der Waals surface area contributed by atoms with E-state index >= 15 is 0 Å². The highest BCUT2D eigenvalue weighted by Gasteiger charge is 2.12. The minimum atomic E-state index is -0.206. The first-order chi connectivity index (χ1) is 8.04. The molecular weight excluding hydrogens is 284 g/mol. The van der Waals surface area contributed by atoms with Crippen molar-refractivity contribution in [1.82, 2.24) is 4.98 Å². The molecule has 17 heavy (non-hydrogen) atoms. The molecule has 0 aliphatic rings. The number of amides is 1. The molecule has 94 valence electrons. The minimum Gasteiger partial charge on any atom is -0.326 e. The molecule has 1 heterocycles. The summed E-state index contributed by atoms with van der Waals surface area (Å²) in [6.45, 7) is 4.01. The summed E-state index contributed by atoms with van der Waals surface area (Å²) in [7, 11) is 0. The standard InChI is InChI=1S/C12H17BrN2O2/c1-3-4-5-8(2)11(16)15-9-6-10(13)12(17)14-7-9/h6-8H,3-5H2,1-2H3,(H,14,17)(H,15,16). The highest BCUT2D eigenvalue weighted by atomic mass is 79.9. The number of aromatic nitrogens is 1. The molecule has 2 N–H and O–H groups in total. The van der Waals surface area contributed by atoms with Crippen molar-refractivity contribution in [3.05, 3.63) is 27.1 Å². The zero-order valence-corrected chi connectivity index (χ0v) is 11.6. The van der Waals surface area contributed by atoms with Crippen LogP contribution in [0.2, 0.25) is 0 Å². The van der Waals surface area contributed by atoms with Crippen LogP contribution < -0.4 is 10.9 Å². The lowest BCUT2D eigenvalue weighted by Crippen LogP contribution is -2.21. The highest BCUT2D eigenvalue weighted by molar-refractivity contribution is 9.10. The smallest absolute Gasteiger partial charge is 0.262 e. The van der Waals surface area contributed by atoms with Gasteiger partial charge in [-0.15, -0.1) is 0 Å². The predicted octanol–water partition coefficient (Wildman–Crippen LogP) is 2.90. The van der Waals surface area contributed by atoms with E-state index in [4.69, 9.17) is 0 Å². The molecule has 0 aliphatic carbocycles. The van der Waals surface area contributed by atoms with Gasteiger partial charge in [-0.05, 0) is 28.4 Å². The molecule has 1 aromatic rings. The van der Waals surface area contributed by atoms with Crippen molar-refractivity contribution in [2.75, 3.05) is 5.32 Å². The van der Waals surface area contributed by atoms with Crippen LogP contribution in [0.25, 0.3) is 0 Å². The number of rotatable bonds is 5. The third kappa shape index (κ3) is 4.34.